The fourth-order valence-electron chi connectivity index (χ4n) is 1.33. The Balaban J connectivity index is 2.50. The van der Waals surface area contributed by atoms with Gasteiger partial charge < -0.3 is 11.1 Å². The molecule has 0 aliphatic heterocycles. The summed E-state index contributed by atoms with van der Waals surface area (Å²) in [6, 6.07) is 5.52. The van der Waals surface area contributed by atoms with Crippen LogP contribution in [0.15, 0.2) is 18.2 Å². The van der Waals surface area contributed by atoms with E-state index in [1.807, 2.05) is 26.0 Å². The highest BCUT2D eigenvalue weighted by atomic mass is 35.5. The number of aryl methyl sites for hydroxylation is 1. The lowest BCUT2D eigenvalue weighted by Crippen LogP contribution is -2.23. The van der Waals surface area contributed by atoms with E-state index < -0.39 is 0 Å². The first-order valence-corrected chi connectivity index (χ1v) is 7.36. The molecular weight excluding hydrogens is 268 g/mol. The smallest absolute Gasteiger partial charge is 0.237 e. The number of benzene rings is 1. The lowest BCUT2D eigenvalue weighted by Gasteiger charge is -2.12. The van der Waals surface area contributed by atoms with Crippen molar-refractivity contribution in [1.29, 1.82) is 0 Å². The minimum absolute atomic E-state index is 0.00283. The molecule has 1 aromatic rings. The summed E-state index contributed by atoms with van der Waals surface area (Å²) in [7, 11) is 0. The molecule has 0 saturated heterocycles. The fraction of sp³-hybridized carbons (Fsp3) is 0.462. The predicted octanol–water partition coefficient (Wildman–Crippen LogP) is 3.06. The third kappa shape index (κ3) is 4.88. The molecule has 100 valence electrons. The molecule has 3 N–H and O–H groups in total. The Morgan fingerprint density at radius 3 is 2.89 bits per heavy atom. The number of nitrogens with two attached hydrogens (primary N) is 1. The zero-order chi connectivity index (χ0) is 13.5. The number of hydrogen-bond acceptors (Lipinski definition) is 3. The van der Waals surface area contributed by atoms with E-state index in [0.29, 0.717) is 11.6 Å². The summed E-state index contributed by atoms with van der Waals surface area (Å²) in [5.41, 5.74) is 7.15. The highest BCUT2D eigenvalue weighted by molar-refractivity contribution is 8.00. The Morgan fingerprint density at radius 1 is 1.56 bits per heavy atom. The highest BCUT2D eigenvalue weighted by Gasteiger charge is 2.13. The molecule has 0 aromatic heterocycles. The number of thioether (sulfide) groups is 1. The summed E-state index contributed by atoms with van der Waals surface area (Å²) in [5.74, 6) is 0.900. The Hall–Kier alpha value is -0.710. The van der Waals surface area contributed by atoms with Crippen molar-refractivity contribution in [3.05, 3.63) is 28.8 Å². The first-order chi connectivity index (χ1) is 8.54. The molecule has 18 heavy (non-hydrogen) atoms. The summed E-state index contributed by atoms with van der Waals surface area (Å²) in [4.78, 5) is 11.9. The second-order valence-corrected chi connectivity index (χ2v) is 5.96. The van der Waals surface area contributed by atoms with Crippen LogP contribution in [0.3, 0.4) is 0 Å². The minimum Gasteiger partial charge on any atom is -0.330 e. The van der Waals surface area contributed by atoms with Crippen LogP contribution in [0.2, 0.25) is 5.02 Å². The average molecular weight is 287 g/mol. The molecule has 0 aliphatic carbocycles. The number of halogens is 1. The third-order valence-electron chi connectivity index (χ3n) is 2.52. The molecule has 0 radical (unpaired) electrons. The van der Waals surface area contributed by atoms with Crippen LogP contribution < -0.4 is 11.1 Å². The van der Waals surface area contributed by atoms with Gasteiger partial charge in [-0.25, -0.2) is 0 Å². The summed E-state index contributed by atoms with van der Waals surface area (Å²) in [6.07, 6.45) is 0.929. The fourth-order valence-corrected chi connectivity index (χ4v) is 2.41. The van der Waals surface area contributed by atoms with E-state index in [1.54, 1.807) is 17.8 Å². The summed E-state index contributed by atoms with van der Waals surface area (Å²) < 4.78 is 0. The zero-order valence-corrected chi connectivity index (χ0v) is 12.3. The molecule has 0 heterocycles. The largest absolute Gasteiger partial charge is 0.330 e. The van der Waals surface area contributed by atoms with E-state index in [4.69, 9.17) is 17.3 Å². The van der Waals surface area contributed by atoms with Crippen molar-refractivity contribution < 1.29 is 4.79 Å². The molecule has 0 aliphatic rings. The Bertz CT molecular complexity index is 412. The van der Waals surface area contributed by atoms with Gasteiger partial charge in [0.2, 0.25) is 5.91 Å². The molecule has 3 nitrogen and oxygen atoms in total. The van der Waals surface area contributed by atoms with Crippen LogP contribution in [0, 0.1) is 6.92 Å². The lowest BCUT2D eigenvalue weighted by atomic mass is 10.2. The Labute approximate surface area is 117 Å². The van der Waals surface area contributed by atoms with Gasteiger partial charge in [-0.1, -0.05) is 17.7 Å². The van der Waals surface area contributed by atoms with Gasteiger partial charge in [0, 0.05) is 10.7 Å². The molecular formula is C13H19ClN2OS. The van der Waals surface area contributed by atoms with E-state index in [-0.39, 0.29) is 11.2 Å². The number of carbonyl (C=O) groups is 1. The van der Waals surface area contributed by atoms with Crippen LogP contribution in [-0.4, -0.2) is 23.5 Å². The monoisotopic (exact) mass is 286 g/mol. The van der Waals surface area contributed by atoms with Gasteiger partial charge in [0.1, 0.15) is 0 Å². The van der Waals surface area contributed by atoms with Crippen LogP contribution in [0.5, 0.6) is 0 Å². The number of carbonyl (C=O) groups excluding carboxylic acids is 1. The second kappa shape index (κ2) is 7.67. The van der Waals surface area contributed by atoms with E-state index in [2.05, 4.69) is 5.32 Å². The maximum absolute atomic E-state index is 11.9. The summed E-state index contributed by atoms with van der Waals surface area (Å²) in [5, 5.41) is 3.44. The SMILES string of the molecule is Cc1ccc(NC(=O)C(C)SCCCN)cc1Cl. The van der Waals surface area contributed by atoms with Gasteiger partial charge in [-0.15, -0.1) is 11.8 Å². The number of nitrogens with one attached hydrogen (secondary N) is 1. The molecule has 1 atom stereocenters. The van der Waals surface area contributed by atoms with Gasteiger partial charge >= 0.3 is 0 Å². The van der Waals surface area contributed by atoms with Gasteiger partial charge in [0.15, 0.2) is 0 Å². The quantitative estimate of drug-likeness (QED) is 0.790. The maximum Gasteiger partial charge on any atom is 0.237 e. The average Bonchev–Trinajstić information content (AvgIpc) is 2.34. The van der Waals surface area contributed by atoms with Gasteiger partial charge in [0.25, 0.3) is 0 Å². The first kappa shape index (κ1) is 15.3. The zero-order valence-electron chi connectivity index (χ0n) is 10.7. The molecule has 0 fully saturated rings. The van der Waals surface area contributed by atoms with Crippen molar-refractivity contribution in [2.75, 3.05) is 17.6 Å². The number of amides is 1. The van der Waals surface area contributed by atoms with Gasteiger partial charge in [-0.3, -0.25) is 4.79 Å². The van der Waals surface area contributed by atoms with E-state index in [0.717, 1.165) is 23.4 Å². The van der Waals surface area contributed by atoms with Crippen molar-refractivity contribution in [1.82, 2.24) is 0 Å². The van der Waals surface area contributed by atoms with Crippen LogP contribution in [0.4, 0.5) is 5.69 Å². The van der Waals surface area contributed by atoms with Crippen LogP contribution >= 0.6 is 23.4 Å². The Morgan fingerprint density at radius 2 is 2.28 bits per heavy atom. The third-order valence-corrected chi connectivity index (χ3v) is 4.17. The van der Waals surface area contributed by atoms with Crippen molar-refractivity contribution in [2.24, 2.45) is 5.73 Å². The molecule has 0 saturated carbocycles. The molecule has 0 spiro atoms. The number of rotatable bonds is 6. The van der Waals surface area contributed by atoms with Crippen molar-refractivity contribution in [2.45, 2.75) is 25.5 Å². The molecule has 1 unspecified atom stereocenters. The van der Waals surface area contributed by atoms with Crippen molar-refractivity contribution in [3.8, 4) is 0 Å². The molecule has 1 aromatic carbocycles. The molecule has 1 amide bonds. The van der Waals surface area contributed by atoms with E-state index in [9.17, 15) is 4.79 Å². The van der Waals surface area contributed by atoms with Crippen molar-refractivity contribution >= 4 is 35.0 Å². The van der Waals surface area contributed by atoms with Crippen LogP contribution in [0.1, 0.15) is 18.9 Å². The normalized spacial score (nSPS) is 12.2. The van der Waals surface area contributed by atoms with Gasteiger partial charge in [-0.05, 0) is 50.3 Å². The van der Waals surface area contributed by atoms with Crippen LogP contribution in [-0.2, 0) is 4.79 Å². The number of anilines is 1. The summed E-state index contributed by atoms with van der Waals surface area (Å²) in [6.45, 7) is 4.49. The second-order valence-electron chi connectivity index (χ2n) is 4.11. The van der Waals surface area contributed by atoms with Crippen molar-refractivity contribution in [3.63, 3.8) is 0 Å². The first-order valence-electron chi connectivity index (χ1n) is 5.93. The number of hydrogen-bond donors (Lipinski definition) is 2. The van der Waals surface area contributed by atoms with Crippen LogP contribution in [0.25, 0.3) is 0 Å². The minimum atomic E-state index is -0.0865. The lowest BCUT2D eigenvalue weighted by molar-refractivity contribution is -0.115. The van der Waals surface area contributed by atoms with Gasteiger partial charge in [0.05, 0.1) is 5.25 Å². The Kier molecular flexibility index (Phi) is 6.54. The molecule has 5 heteroatoms. The standard InChI is InChI=1S/C13H19ClN2OS/c1-9-4-5-11(8-12(9)14)16-13(17)10(2)18-7-3-6-15/h4-5,8,10H,3,6-7,15H2,1-2H3,(H,16,17). The molecule has 1 rings (SSSR count). The maximum atomic E-state index is 11.9. The topological polar surface area (TPSA) is 55.1 Å². The molecule has 0 bridgehead atoms. The summed E-state index contributed by atoms with van der Waals surface area (Å²) >= 11 is 7.62. The van der Waals surface area contributed by atoms with E-state index >= 15 is 0 Å². The van der Waals surface area contributed by atoms with Gasteiger partial charge in [-0.2, -0.15) is 0 Å². The van der Waals surface area contributed by atoms with E-state index in [1.165, 1.54) is 0 Å². The highest BCUT2D eigenvalue weighted by Crippen LogP contribution is 2.21. The predicted molar refractivity (Wildman–Crippen MR) is 80.4 cm³/mol.